The van der Waals surface area contributed by atoms with Crippen LogP contribution in [0.25, 0.3) is 6.08 Å². The summed E-state index contributed by atoms with van der Waals surface area (Å²) in [4.78, 5) is 23.6. The first-order valence-corrected chi connectivity index (χ1v) is 8.11. The maximum atomic E-state index is 13.4. The van der Waals surface area contributed by atoms with E-state index in [1.165, 1.54) is 37.3 Å². The van der Waals surface area contributed by atoms with Gasteiger partial charge in [0.15, 0.2) is 6.10 Å². The van der Waals surface area contributed by atoms with Gasteiger partial charge in [0.05, 0.1) is 0 Å². The van der Waals surface area contributed by atoms with E-state index in [0.29, 0.717) is 13.0 Å². The van der Waals surface area contributed by atoms with Crippen LogP contribution in [0, 0.1) is 11.6 Å². The van der Waals surface area contributed by atoms with E-state index in [-0.39, 0.29) is 11.4 Å². The second-order valence-corrected chi connectivity index (χ2v) is 5.60. The summed E-state index contributed by atoms with van der Waals surface area (Å²) in [5.41, 5.74) is 1.13. The SMILES string of the molecule is C[C@H](OC(=O)/C=C/c1ccccc1F)C(=O)NCCc1ccc(F)cc1. The molecule has 0 aliphatic heterocycles. The van der Waals surface area contributed by atoms with Gasteiger partial charge in [0.1, 0.15) is 11.6 Å². The Morgan fingerprint density at radius 3 is 2.50 bits per heavy atom. The molecule has 0 fully saturated rings. The third-order valence-corrected chi connectivity index (χ3v) is 3.59. The van der Waals surface area contributed by atoms with Crippen molar-refractivity contribution in [1.82, 2.24) is 5.32 Å². The van der Waals surface area contributed by atoms with E-state index >= 15 is 0 Å². The van der Waals surface area contributed by atoms with Gasteiger partial charge >= 0.3 is 5.97 Å². The summed E-state index contributed by atoms with van der Waals surface area (Å²) in [6.07, 6.45) is 1.90. The van der Waals surface area contributed by atoms with Crippen LogP contribution in [0.4, 0.5) is 8.78 Å². The van der Waals surface area contributed by atoms with Gasteiger partial charge in [-0.2, -0.15) is 0 Å². The van der Waals surface area contributed by atoms with Crippen molar-refractivity contribution in [2.45, 2.75) is 19.4 Å². The van der Waals surface area contributed by atoms with Gasteiger partial charge in [0, 0.05) is 18.2 Å². The summed E-state index contributed by atoms with van der Waals surface area (Å²) >= 11 is 0. The number of ether oxygens (including phenoxy) is 1. The maximum absolute atomic E-state index is 13.4. The number of hydrogen-bond acceptors (Lipinski definition) is 3. The van der Waals surface area contributed by atoms with E-state index in [1.54, 1.807) is 24.3 Å². The second kappa shape index (κ2) is 9.46. The number of esters is 1. The zero-order valence-electron chi connectivity index (χ0n) is 14.2. The third-order valence-electron chi connectivity index (χ3n) is 3.59. The lowest BCUT2D eigenvalue weighted by atomic mass is 10.1. The van der Waals surface area contributed by atoms with Crippen LogP contribution in [0.15, 0.2) is 54.6 Å². The molecule has 0 saturated heterocycles. The molecule has 0 heterocycles. The largest absolute Gasteiger partial charge is 0.449 e. The summed E-state index contributed by atoms with van der Waals surface area (Å²) < 4.78 is 31.2. The lowest BCUT2D eigenvalue weighted by Gasteiger charge is -2.12. The minimum Gasteiger partial charge on any atom is -0.449 e. The number of carbonyl (C=O) groups excluding carboxylic acids is 2. The minimum atomic E-state index is -0.985. The second-order valence-electron chi connectivity index (χ2n) is 5.60. The van der Waals surface area contributed by atoms with Crippen LogP contribution in [0.5, 0.6) is 0 Å². The lowest BCUT2D eigenvalue weighted by Crippen LogP contribution is -2.36. The van der Waals surface area contributed by atoms with Gasteiger partial charge in [-0.05, 0) is 43.2 Å². The van der Waals surface area contributed by atoms with Crippen LogP contribution in [0.3, 0.4) is 0 Å². The molecule has 0 spiro atoms. The molecule has 0 aliphatic rings. The third kappa shape index (κ3) is 6.12. The van der Waals surface area contributed by atoms with E-state index < -0.39 is 23.8 Å². The first-order valence-electron chi connectivity index (χ1n) is 8.11. The average Bonchev–Trinajstić information content (AvgIpc) is 2.62. The van der Waals surface area contributed by atoms with Crippen LogP contribution in [-0.4, -0.2) is 24.5 Å². The van der Waals surface area contributed by atoms with Crippen molar-refractivity contribution >= 4 is 18.0 Å². The monoisotopic (exact) mass is 359 g/mol. The predicted octanol–water partition coefficient (Wildman–Crippen LogP) is 3.27. The number of halogens is 2. The fraction of sp³-hybridized carbons (Fsp3) is 0.200. The van der Waals surface area contributed by atoms with Gasteiger partial charge < -0.3 is 10.1 Å². The Balaban J connectivity index is 1.76. The molecular weight excluding hydrogens is 340 g/mol. The molecule has 6 heteroatoms. The fourth-order valence-corrected chi connectivity index (χ4v) is 2.16. The van der Waals surface area contributed by atoms with Gasteiger partial charge in [-0.25, -0.2) is 13.6 Å². The molecule has 0 saturated carbocycles. The summed E-state index contributed by atoms with van der Waals surface area (Å²) in [5.74, 6) is -1.96. The Bertz CT molecular complexity index is 788. The highest BCUT2D eigenvalue weighted by Gasteiger charge is 2.15. The first-order chi connectivity index (χ1) is 12.5. The van der Waals surface area contributed by atoms with Crippen molar-refractivity contribution in [3.8, 4) is 0 Å². The maximum Gasteiger partial charge on any atom is 0.331 e. The van der Waals surface area contributed by atoms with Gasteiger partial charge in [0.2, 0.25) is 0 Å². The molecule has 2 aromatic rings. The molecule has 136 valence electrons. The van der Waals surface area contributed by atoms with E-state index in [2.05, 4.69) is 5.32 Å². The average molecular weight is 359 g/mol. The Morgan fingerprint density at radius 1 is 1.12 bits per heavy atom. The predicted molar refractivity (Wildman–Crippen MR) is 94.1 cm³/mol. The number of rotatable bonds is 7. The molecule has 0 radical (unpaired) electrons. The molecule has 4 nitrogen and oxygen atoms in total. The van der Waals surface area contributed by atoms with Crippen molar-refractivity contribution in [3.63, 3.8) is 0 Å². The van der Waals surface area contributed by atoms with Crippen molar-refractivity contribution < 1.29 is 23.1 Å². The molecule has 1 N–H and O–H groups in total. The number of nitrogens with one attached hydrogen (secondary N) is 1. The van der Waals surface area contributed by atoms with E-state index in [9.17, 15) is 18.4 Å². The number of amides is 1. The molecule has 2 rings (SSSR count). The van der Waals surface area contributed by atoms with E-state index in [0.717, 1.165) is 11.6 Å². The van der Waals surface area contributed by atoms with Crippen LogP contribution in [0.2, 0.25) is 0 Å². The molecule has 0 bridgehead atoms. The summed E-state index contributed by atoms with van der Waals surface area (Å²) in [7, 11) is 0. The molecule has 1 atom stereocenters. The zero-order chi connectivity index (χ0) is 18.9. The van der Waals surface area contributed by atoms with E-state index in [4.69, 9.17) is 4.74 Å². The van der Waals surface area contributed by atoms with Gasteiger partial charge in [-0.15, -0.1) is 0 Å². The molecule has 2 aromatic carbocycles. The molecule has 0 aliphatic carbocycles. The quantitative estimate of drug-likeness (QED) is 0.610. The van der Waals surface area contributed by atoms with Crippen LogP contribution < -0.4 is 5.32 Å². The van der Waals surface area contributed by atoms with Crippen molar-refractivity contribution in [3.05, 3.63) is 77.4 Å². The Hall–Kier alpha value is -3.02. The summed E-state index contributed by atoms with van der Waals surface area (Å²) in [6, 6.07) is 12.0. The molecule has 1 amide bonds. The van der Waals surface area contributed by atoms with Crippen molar-refractivity contribution in [2.75, 3.05) is 6.54 Å². The standard InChI is InChI=1S/C20H19F2NO3/c1-14(20(25)23-13-12-15-6-9-17(21)10-7-15)26-19(24)11-8-16-4-2-3-5-18(16)22/h2-11,14H,12-13H2,1H3,(H,23,25)/b11-8+/t14-/m0/s1. The van der Waals surface area contributed by atoms with Crippen LogP contribution in [-0.2, 0) is 20.7 Å². The Labute approximate surface area is 150 Å². The normalized spacial score (nSPS) is 12.0. The van der Waals surface area contributed by atoms with Crippen LogP contribution in [0.1, 0.15) is 18.1 Å². The Kier molecular flexibility index (Phi) is 7.02. The summed E-state index contributed by atoms with van der Waals surface area (Å²) in [5, 5.41) is 2.64. The zero-order valence-corrected chi connectivity index (χ0v) is 14.2. The smallest absolute Gasteiger partial charge is 0.331 e. The lowest BCUT2D eigenvalue weighted by molar-refractivity contribution is -0.150. The van der Waals surface area contributed by atoms with Gasteiger partial charge in [0.25, 0.3) is 5.91 Å². The molecule has 26 heavy (non-hydrogen) atoms. The Morgan fingerprint density at radius 2 is 1.81 bits per heavy atom. The number of carbonyl (C=O) groups is 2. The highest BCUT2D eigenvalue weighted by molar-refractivity contribution is 5.90. The van der Waals surface area contributed by atoms with Gasteiger partial charge in [-0.1, -0.05) is 30.3 Å². The molecule has 0 aromatic heterocycles. The van der Waals surface area contributed by atoms with E-state index in [1.807, 2.05) is 0 Å². The fourth-order valence-electron chi connectivity index (χ4n) is 2.16. The molecular formula is C20H19F2NO3. The van der Waals surface area contributed by atoms with Crippen LogP contribution >= 0.6 is 0 Å². The van der Waals surface area contributed by atoms with Crippen molar-refractivity contribution in [1.29, 1.82) is 0 Å². The number of benzene rings is 2. The highest BCUT2D eigenvalue weighted by atomic mass is 19.1. The molecule has 0 unspecified atom stereocenters. The van der Waals surface area contributed by atoms with Crippen molar-refractivity contribution in [2.24, 2.45) is 0 Å². The number of hydrogen-bond donors (Lipinski definition) is 1. The summed E-state index contributed by atoms with van der Waals surface area (Å²) in [6.45, 7) is 1.78. The first kappa shape index (κ1) is 19.3. The highest BCUT2D eigenvalue weighted by Crippen LogP contribution is 2.08. The van der Waals surface area contributed by atoms with Gasteiger partial charge in [-0.3, -0.25) is 4.79 Å². The topological polar surface area (TPSA) is 55.4 Å². The minimum absolute atomic E-state index is 0.251.